The number of nitrogens with two attached hydrogens (primary N) is 1. The number of halogens is 2. The number of nitrogens with zero attached hydrogens (tertiary/aromatic N) is 1. The summed E-state index contributed by atoms with van der Waals surface area (Å²) >= 11 is 13.3. The largest absolute Gasteiger partial charge is 0.484 e. The highest BCUT2D eigenvalue weighted by atomic mass is 35.5. The minimum absolute atomic E-state index is 0.129. The molecular weight excluding hydrogens is 371 g/mol. The van der Waals surface area contributed by atoms with Crippen molar-refractivity contribution >= 4 is 61.5 Å². The van der Waals surface area contributed by atoms with E-state index in [1.54, 1.807) is 36.4 Å². The minimum Gasteiger partial charge on any atom is -0.484 e. The van der Waals surface area contributed by atoms with E-state index >= 15 is 0 Å². The van der Waals surface area contributed by atoms with E-state index in [4.69, 9.17) is 33.8 Å². The van der Waals surface area contributed by atoms with Crippen molar-refractivity contribution in [3.05, 3.63) is 46.4 Å². The van der Waals surface area contributed by atoms with Crippen LogP contribution in [0.15, 0.2) is 36.4 Å². The van der Waals surface area contributed by atoms with Gasteiger partial charge in [0, 0.05) is 10.7 Å². The lowest BCUT2D eigenvalue weighted by atomic mass is 10.3. The van der Waals surface area contributed by atoms with Crippen molar-refractivity contribution in [2.45, 2.75) is 0 Å². The van der Waals surface area contributed by atoms with E-state index in [0.717, 1.165) is 4.70 Å². The first-order valence-electron chi connectivity index (χ1n) is 6.80. The van der Waals surface area contributed by atoms with Gasteiger partial charge >= 0.3 is 0 Å². The summed E-state index contributed by atoms with van der Waals surface area (Å²) in [6.07, 6.45) is 0. The number of anilines is 2. The van der Waals surface area contributed by atoms with Gasteiger partial charge in [-0.3, -0.25) is 10.2 Å². The summed E-state index contributed by atoms with van der Waals surface area (Å²) in [6, 6.07) is 10.2. The number of amides is 1. The van der Waals surface area contributed by atoms with E-state index in [9.17, 15) is 4.79 Å². The highest BCUT2D eigenvalue weighted by Gasteiger charge is 2.11. The Morgan fingerprint density at radius 2 is 2.00 bits per heavy atom. The van der Waals surface area contributed by atoms with Gasteiger partial charge in [-0.2, -0.15) is 0 Å². The third kappa shape index (κ3) is 3.88. The third-order valence-electron chi connectivity index (χ3n) is 3.04. The molecule has 0 spiro atoms. The van der Waals surface area contributed by atoms with Crippen LogP contribution in [0.25, 0.3) is 10.2 Å². The molecule has 0 atom stereocenters. The number of rotatable bonds is 5. The number of carbonyl (C=O) groups is 1. The first kappa shape index (κ1) is 16.8. The van der Waals surface area contributed by atoms with Crippen LogP contribution in [0.4, 0.5) is 10.8 Å². The van der Waals surface area contributed by atoms with E-state index in [0.29, 0.717) is 32.1 Å². The summed E-state index contributed by atoms with van der Waals surface area (Å²) in [5, 5.41) is 4.31. The highest BCUT2D eigenvalue weighted by Crippen LogP contribution is 2.33. The van der Waals surface area contributed by atoms with Crippen molar-refractivity contribution in [2.75, 3.05) is 17.3 Å². The molecule has 1 aromatic heterocycles. The van der Waals surface area contributed by atoms with Gasteiger partial charge in [0.1, 0.15) is 11.3 Å². The molecule has 1 amide bonds. The van der Waals surface area contributed by atoms with Gasteiger partial charge < -0.3 is 10.1 Å². The van der Waals surface area contributed by atoms with Crippen LogP contribution in [0.5, 0.6) is 5.75 Å². The molecule has 3 aromatic rings. The van der Waals surface area contributed by atoms with Crippen LogP contribution in [0.2, 0.25) is 10.0 Å². The molecule has 4 N–H and O–H groups in total. The second-order valence-corrected chi connectivity index (χ2v) is 6.63. The fourth-order valence-electron chi connectivity index (χ4n) is 2.00. The van der Waals surface area contributed by atoms with Crippen molar-refractivity contribution in [3.63, 3.8) is 0 Å². The van der Waals surface area contributed by atoms with Crippen LogP contribution < -0.4 is 21.3 Å². The molecule has 9 heteroatoms. The SMILES string of the molecule is NNc1nc2c(Cl)cc(NC(=O)COc3ccc(Cl)cc3)cc2s1. The predicted molar refractivity (Wildman–Crippen MR) is 98.0 cm³/mol. The van der Waals surface area contributed by atoms with Crippen molar-refractivity contribution in [2.24, 2.45) is 5.84 Å². The molecule has 0 saturated carbocycles. The van der Waals surface area contributed by atoms with Gasteiger partial charge in [-0.05, 0) is 36.4 Å². The fraction of sp³-hybridized carbons (Fsp3) is 0.0667. The molecule has 0 aliphatic rings. The standard InChI is InChI=1S/C15H12Cl2N4O2S/c16-8-1-3-10(4-2-8)23-7-13(22)19-9-5-11(17)14-12(6-9)24-15(20-14)21-18/h1-6H,7,18H2,(H,19,22)(H,20,21). The fourth-order valence-corrected chi connectivity index (χ4v) is 3.29. The smallest absolute Gasteiger partial charge is 0.262 e. The number of nitrogens with one attached hydrogen (secondary N) is 2. The summed E-state index contributed by atoms with van der Waals surface area (Å²) in [6.45, 7) is -0.129. The maximum Gasteiger partial charge on any atom is 0.262 e. The van der Waals surface area contributed by atoms with Crippen molar-refractivity contribution < 1.29 is 9.53 Å². The van der Waals surface area contributed by atoms with Gasteiger partial charge in [-0.1, -0.05) is 34.5 Å². The zero-order valence-corrected chi connectivity index (χ0v) is 14.5. The Bertz CT molecular complexity index is 883. The highest BCUT2D eigenvalue weighted by molar-refractivity contribution is 7.22. The molecule has 6 nitrogen and oxygen atoms in total. The number of hydrazine groups is 1. The molecular formula is C15H12Cl2N4O2S. The summed E-state index contributed by atoms with van der Waals surface area (Å²) in [5.41, 5.74) is 3.67. The monoisotopic (exact) mass is 382 g/mol. The lowest BCUT2D eigenvalue weighted by Gasteiger charge is -2.08. The topological polar surface area (TPSA) is 89.3 Å². The summed E-state index contributed by atoms with van der Waals surface area (Å²) in [7, 11) is 0. The number of aromatic nitrogens is 1. The summed E-state index contributed by atoms with van der Waals surface area (Å²) < 4.78 is 6.20. The number of thiazole rings is 1. The van der Waals surface area contributed by atoms with E-state index in [2.05, 4.69) is 15.7 Å². The summed E-state index contributed by atoms with van der Waals surface area (Å²) in [4.78, 5) is 16.2. The lowest BCUT2D eigenvalue weighted by Crippen LogP contribution is -2.20. The molecule has 0 bridgehead atoms. The molecule has 0 unspecified atom stereocenters. The van der Waals surface area contributed by atoms with Gasteiger partial charge in [0.2, 0.25) is 0 Å². The van der Waals surface area contributed by atoms with Gasteiger partial charge in [-0.25, -0.2) is 10.8 Å². The Hall–Kier alpha value is -2.06. The van der Waals surface area contributed by atoms with Crippen LogP contribution in [0.3, 0.4) is 0 Å². The Morgan fingerprint density at radius 3 is 2.71 bits per heavy atom. The molecule has 0 aliphatic carbocycles. The number of benzene rings is 2. The van der Waals surface area contributed by atoms with Gasteiger partial charge in [0.15, 0.2) is 11.7 Å². The third-order valence-corrected chi connectivity index (χ3v) is 4.51. The number of hydrogen-bond acceptors (Lipinski definition) is 6. The Morgan fingerprint density at radius 1 is 1.25 bits per heavy atom. The van der Waals surface area contributed by atoms with Gasteiger partial charge in [0.05, 0.1) is 9.72 Å². The number of nitrogen functional groups attached to an aromatic ring is 1. The van der Waals surface area contributed by atoms with E-state index in [1.165, 1.54) is 11.3 Å². The van der Waals surface area contributed by atoms with Crippen molar-refractivity contribution in [1.82, 2.24) is 4.98 Å². The quantitative estimate of drug-likeness (QED) is 0.459. The maximum atomic E-state index is 12.0. The molecule has 0 aliphatic heterocycles. The van der Waals surface area contributed by atoms with Crippen LogP contribution in [0.1, 0.15) is 0 Å². The lowest BCUT2D eigenvalue weighted by molar-refractivity contribution is -0.118. The van der Waals surface area contributed by atoms with Crippen LogP contribution in [-0.4, -0.2) is 17.5 Å². The van der Waals surface area contributed by atoms with Gasteiger partial charge in [0.25, 0.3) is 5.91 Å². The van der Waals surface area contributed by atoms with E-state index in [1.807, 2.05) is 0 Å². The van der Waals surface area contributed by atoms with Gasteiger partial charge in [-0.15, -0.1) is 0 Å². The first-order chi connectivity index (χ1) is 11.5. The van der Waals surface area contributed by atoms with E-state index in [-0.39, 0.29) is 12.5 Å². The molecule has 0 saturated heterocycles. The molecule has 0 radical (unpaired) electrons. The van der Waals surface area contributed by atoms with Crippen molar-refractivity contribution in [1.29, 1.82) is 0 Å². The Kier molecular flexibility index (Phi) is 5.06. The molecule has 24 heavy (non-hydrogen) atoms. The summed E-state index contributed by atoms with van der Waals surface area (Å²) in [5.74, 6) is 5.60. The number of hydrogen-bond donors (Lipinski definition) is 3. The average Bonchev–Trinajstić information content (AvgIpc) is 2.98. The zero-order valence-electron chi connectivity index (χ0n) is 12.2. The Labute approximate surface area is 151 Å². The average molecular weight is 383 g/mol. The van der Waals surface area contributed by atoms with E-state index < -0.39 is 0 Å². The molecule has 124 valence electrons. The molecule has 0 fully saturated rings. The minimum atomic E-state index is -0.304. The number of fused-ring (bicyclic) bond motifs is 1. The Balaban J connectivity index is 1.67. The molecule has 3 rings (SSSR count). The maximum absolute atomic E-state index is 12.0. The second-order valence-electron chi connectivity index (χ2n) is 4.76. The number of ether oxygens (including phenoxy) is 1. The first-order valence-corrected chi connectivity index (χ1v) is 8.37. The van der Waals surface area contributed by atoms with Crippen LogP contribution in [-0.2, 0) is 4.79 Å². The zero-order chi connectivity index (χ0) is 17.1. The normalized spacial score (nSPS) is 10.6. The van der Waals surface area contributed by atoms with Crippen LogP contribution in [0, 0.1) is 0 Å². The molecule has 2 aromatic carbocycles. The van der Waals surface area contributed by atoms with Crippen LogP contribution >= 0.6 is 34.5 Å². The number of carbonyl (C=O) groups excluding carboxylic acids is 1. The molecule has 1 heterocycles. The predicted octanol–water partition coefficient (Wildman–Crippen LogP) is 3.91. The van der Waals surface area contributed by atoms with Crippen molar-refractivity contribution in [3.8, 4) is 5.75 Å². The second kappa shape index (κ2) is 7.23.